The summed E-state index contributed by atoms with van der Waals surface area (Å²) in [5, 5.41) is 23.6. The van der Waals surface area contributed by atoms with Gasteiger partial charge < -0.3 is 20.1 Å². The summed E-state index contributed by atoms with van der Waals surface area (Å²) < 4.78 is 4.83. The number of hydrogen-bond donors (Lipinski definition) is 2. The van der Waals surface area contributed by atoms with Crippen molar-refractivity contribution in [3.63, 3.8) is 0 Å². The summed E-state index contributed by atoms with van der Waals surface area (Å²) in [6.45, 7) is 1.85. The molecule has 2 N–H and O–H groups in total. The van der Waals surface area contributed by atoms with E-state index in [1.165, 1.54) is 12.0 Å². The standard InChI is InChI=1S/C11H19N5O4/c1-7-9(16(18)19)10(14-11(12-2)13-7)15(3)5-8(17)6-20-4/h8,17H,5-6H2,1-4H3,(H,12,13,14). The highest BCUT2D eigenvalue weighted by atomic mass is 16.6. The molecule has 0 fully saturated rings. The summed E-state index contributed by atoms with van der Waals surface area (Å²) in [5.41, 5.74) is 0.0912. The lowest BCUT2D eigenvalue weighted by Crippen LogP contribution is -2.33. The van der Waals surface area contributed by atoms with Crippen molar-refractivity contribution in [1.82, 2.24) is 9.97 Å². The number of ether oxygens (including phenoxy) is 1. The Bertz CT molecular complexity index is 482. The van der Waals surface area contributed by atoms with E-state index in [1.54, 1.807) is 21.0 Å². The van der Waals surface area contributed by atoms with Crippen molar-refractivity contribution in [3.05, 3.63) is 15.8 Å². The van der Waals surface area contributed by atoms with Gasteiger partial charge in [0, 0.05) is 27.7 Å². The number of aromatic nitrogens is 2. The van der Waals surface area contributed by atoms with E-state index < -0.39 is 11.0 Å². The number of likely N-dealkylation sites (N-methyl/N-ethyl adjacent to an activating group) is 1. The Morgan fingerprint density at radius 1 is 1.55 bits per heavy atom. The van der Waals surface area contributed by atoms with Gasteiger partial charge in [-0.25, -0.2) is 4.98 Å². The molecule has 1 atom stereocenters. The number of hydrogen-bond acceptors (Lipinski definition) is 8. The van der Waals surface area contributed by atoms with Gasteiger partial charge in [-0.15, -0.1) is 0 Å². The first kappa shape index (κ1) is 16.1. The molecule has 112 valence electrons. The van der Waals surface area contributed by atoms with Crippen molar-refractivity contribution < 1.29 is 14.8 Å². The molecule has 0 radical (unpaired) electrons. The van der Waals surface area contributed by atoms with Crippen LogP contribution in [0.2, 0.25) is 0 Å². The molecule has 9 heteroatoms. The van der Waals surface area contributed by atoms with Crippen molar-refractivity contribution >= 4 is 17.5 Å². The molecule has 0 aliphatic heterocycles. The first-order chi connectivity index (χ1) is 9.40. The van der Waals surface area contributed by atoms with Gasteiger partial charge in [-0.05, 0) is 6.92 Å². The van der Waals surface area contributed by atoms with Crippen LogP contribution in [0.4, 0.5) is 17.5 Å². The van der Waals surface area contributed by atoms with Crippen LogP contribution in [0.3, 0.4) is 0 Å². The molecule has 1 heterocycles. The second kappa shape index (κ2) is 6.96. The number of methoxy groups -OCH3 is 1. The van der Waals surface area contributed by atoms with E-state index in [0.717, 1.165) is 0 Å². The normalized spacial score (nSPS) is 12.1. The van der Waals surface area contributed by atoms with E-state index in [4.69, 9.17) is 4.74 Å². The molecule has 1 unspecified atom stereocenters. The Labute approximate surface area is 116 Å². The fourth-order valence-corrected chi connectivity index (χ4v) is 1.79. The number of aliphatic hydroxyl groups excluding tert-OH is 1. The van der Waals surface area contributed by atoms with Gasteiger partial charge in [-0.1, -0.05) is 0 Å². The fourth-order valence-electron chi connectivity index (χ4n) is 1.79. The van der Waals surface area contributed by atoms with Gasteiger partial charge >= 0.3 is 5.69 Å². The van der Waals surface area contributed by atoms with Crippen LogP contribution >= 0.6 is 0 Å². The van der Waals surface area contributed by atoms with Gasteiger partial charge in [0.1, 0.15) is 5.69 Å². The van der Waals surface area contributed by atoms with Crippen LogP contribution in [-0.2, 0) is 4.74 Å². The van der Waals surface area contributed by atoms with Crippen molar-refractivity contribution in [3.8, 4) is 0 Å². The Hall–Kier alpha value is -2.00. The molecular weight excluding hydrogens is 266 g/mol. The summed E-state index contributed by atoms with van der Waals surface area (Å²) in [7, 11) is 4.72. The van der Waals surface area contributed by atoms with Crippen LogP contribution in [0.1, 0.15) is 5.69 Å². The van der Waals surface area contributed by atoms with Crippen LogP contribution in [0.5, 0.6) is 0 Å². The number of nitrogens with zero attached hydrogens (tertiary/aromatic N) is 4. The molecule has 0 saturated carbocycles. The quantitative estimate of drug-likeness (QED) is 0.538. The van der Waals surface area contributed by atoms with Crippen LogP contribution in [0.25, 0.3) is 0 Å². The summed E-state index contributed by atoms with van der Waals surface area (Å²) in [6.07, 6.45) is -0.766. The summed E-state index contributed by atoms with van der Waals surface area (Å²) in [6, 6.07) is 0. The third-order valence-corrected chi connectivity index (χ3v) is 2.65. The SMILES string of the molecule is CNc1nc(C)c([N+](=O)[O-])c(N(C)CC(O)COC)n1. The smallest absolute Gasteiger partial charge is 0.332 e. The molecule has 0 aliphatic rings. The molecule has 0 saturated heterocycles. The highest BCUT2D eigenvalue weighted by Gasteiger charge is 2.25. The largest absolute Gasteiger partial charge is 0.389 e. The summed E-state index contributed by atoms with van der Waals surface area (Å²) >= 11 is 0. The second-order valence-electron chi connectivity index (χ2n) is 4.30. The van der Waals surface area contributed by atoms with Gasteiger partial charge in [0.25, 0.3) is 0 Å². The number of anilines is 2. The number of rotatable bonds is 7. The highest BCUT2D eigenvalue weighted by molar-refractivity contribution is 5.62. The van der Waals surface area contributed by atoms with Crippen LogP contribution < -0.4 is 10.2 Å². The zero-order valence-corrected chi connectivity index (χ0v) is 12.0. The molecule has 0 aliphatic carbocycles. The molecular formula is C11H19N5O4. The maximum atomic E-state index is 11.1. The molecule has 1 aromatic rings. The minimum absolute atomic E-state index is 0.140. The van der Waals surface area contributed by atoms with Gasteiger partial charge in [-0.3, -0.25) is 10.1 Å². The maximum absolute atomic E-state index is 11.1. The molecule has 1 aromatic heterocycles. The number of nitro groups is 1. The lowest BCUT2D eigenvalue weighted by Gasteiger charge is -2.21. The highest BCUT2D eigenvalue weighted by Crippen LogP contribution is 2.29. The lowest BCUT2D eigenvalue weighted by molar-refractivity contribution is -0.385. The van der Waals surface area contributed by atoms with E-state index in [1.807, 2.05) is 0 Å². The number of aliphatic hydroxyl groups is 1. The minimum Gasteiger partial charge on any atom is -0.389 e. The Balaban J connectivity index is 3.13. The fraction of sp³-hybridized carbons (Fsp3) is 0.636. The lowest BCUT2D eigenvalue weighted by atomic mass is 10.3. The van der Waals surface area contributed by atoms with Gasteiger partial charge in [0.05, 0.1) is 17.6 Å². The van der Waals surface area contributed by atoms with Crippen LogP contribution in [0, 0.1) is 17.0 Å². The van der Waals surface area contributed by atoms with Crippen molar-refractivity contribution in [2.45, 2.75) is 13.0 Å². The summed E-state index contributed by atoms with van der Waals surface area (Å²) in [4.78, 5) is 20.2. The van der Waals surface area contributed by atoms with Gasteiger partial charge in [0.2, 0.25) is 11.8 Å². The zero-order chi connectivity index (χ0) is 15.3. The van der Waals surface area contributed by atoms with E-state index in [0.29, 0.717) is 0 Å². The van der Waals surface area contributed by atoms with Gasteiger partial charge in [-0.2, -0.15) is 4.98 Å². The third-order valence-electron chi connectivity index (χ3n) is 2.65. The monoisotopic (exact) mass is 285 g/mol. The molecule has 0 amide bonds. The van der Waals surface area contributed by atoms with E-state index in [2.05, 4.69) is 15.3 Å². The average Bonchev–Trinajstić information content (AvgIpc) is 2.37. The average molecular weight is 285 g/mol. The third kappa shape index (κ3) is 3.75. The van der Waals surface area contributed by atoms with Crippen molar-refractivity contribution in [1.29, 1.82) is 0 Å². The topological polar surface area (TPSA) is 114 Å². The number of nitrogens with one attached hydrogen (secondary N) is 1. The molecule has 0 aromatic carbocycles. The number of aryl methyl sites for hydroxylation is 1. The van der Waals surface area contributed by atoms with E-state index in [-0.39, 0.29) is 36.3 Å². The maximum Gasteiger partial charge on any atom is 0.332 e. The Kier molecular flexibility index (Phi) is 5.59. The predicted molar refractivity (Wildman–Crippen MR) is 74.1 cm³/mol. The molecule has 0 spiro atoms. The molecule has 0 bridgehead atoms. The van der Waals surface area contributed by atoms with Crippen molar-refractivity contribution in [2.24, 2.45) is 0 Å². The summed E-state index contributed by atoms with van der Waals surface area (Å²) in [5.74, 6) is 0.443. The van der Waals surface area contributed by atoms with Crippen molar-refractivity contribution in [2.75, 3.05) is 44.6 Å². The molecule has 9 nitrogen and oxygen atoms in total. The van der Waals surface area contributed by atoms with Crippen LogP contribution in [0.15, 0.2) is 0 Å². The molecule has 1 rings (SSSR count). The minimum atomic E-state index is -0.766. The second-order valence-corrected chi connectivity index (χ2v) is 4.30. The van der Waals surface area contributed by atoms with E-state index in [9.17, 15) is 15.2 Å². The van der Waals surface area contributed by atoms with Crippen LogP contribution in [-0.4, -0.2) is 60.5 Å². The first-order valence-electron chi connectivity index (χ1n) is 5.99. The van der Waals surface area contributed by atoms with E-state index >= 15 is 0 Å². The Morgan fingerprint density at radius 3 is 2.70 bits per heavy atom. The zero-order valence-electron chi connectivity index (χ0n) is 12.0. The molecule has 20 heavy (non-hydrogen) atoms. The Morgan fingerprint density at radius 2 is 2.20 bits per heavy atom. The van der Waals surface area contributed by atoms with Gasteiger partial charge in [0.15, 0.2) is 0 Å². The predicted octanol–water partition coefficient (Wildman–Crippen LogP) is 0.178. The first-order valence-corrected chi connectivity index (χ1v) is 5.99.